The fourth-order valence-corrected chi connectivity index (χ4v) is 4.83. The molecule has 0 radical (unpaired) electrons. The Bertz CT molecular complexity index is 644. The topological polar surface area (TPSA) is 106 Å². The molecule has 1 saturated heterocycles. The van der Waals surface area contributed by atoms with Gasteiger partial charge in [-0.15, -0.1) is 11.3 Å². The molecule has 116 valence electrons. The number of rotatable bonds is 5. The molecule has 1 aromatic heterocycles. The maximum absolute atomic E-state index is 11.9. The number of aliphatic carboxylic acids is 1. The molecule has 2 N–H and O–H groups in total. The first kappa shape index (κ1) is 14.7. The zero-order valence-corrected chi connectivity index (χ0v) is 12.9. The highest BCUT2D eigenvalue weighted by Crippen LogP contribution is 2.37. The number of nitrogens with one attached hydrogen (secondary N) is 1. The molecular formula is C12H16N2O5S2. The third-order valence-corrected chi connectivity index (χ3v) is 6.66. The van der Waals surface area contributed by atoms with E-state index in [0.717, 1.165) is 11.3 Å². The number of hydrogen-bond donors (Lipinski definition) is 2. The molecule has 0 unspecified atom stereocenters. The predicted molar refractivity (Wildman–Crippen MR) is 77.0 cm³/mol. The van der Waals surface area contributed by atoms with Gasteiger partial charge >= 0.3 is 5.97 Å². The van der Waals surface area contributed by atoms with Crippen LogP contribution in [0.25, 0.3) is 0 Å². The molecule has 2 heterocycles. The summed E-state index contributed by atoms with van der Waals surface area (Å²) in [5.74, 6) is -0.937. The maximum Gasteiger partial charge on any atom is 0.315 e. The van der Waals surface area contributed by atoms with Crippen molar-refractivity contribution in [3.05, 3.63) is 11.1 Å². The van der Waals surface area contributed by atoms with Crippen LogP contribution in [-0.2, 0) is 25.0 Å². The van der Waals surface area contributed by atoms with Crippen LogP contribution < -0.4 is 4.72 Å². The van der Waals surface area contributed by atoms with E-state index in [1.807, 2.05) is 0 Å². The van der Waals surface area contributed by atoms with Crippen molar-refractivity contribution >= 4 is 32.5 Å². The Morgan fingerprint density at radius 3 is 2.67 bits per heavy atom. The molecule has 2 aliphatic rings. The first-order chi connectivity index (χ1) is 9.94. The lowest BCUT2D eigenvalue weighted by Crippen LogP contribution is -2.41. The highest BCUT2D eigenvalue weighted by atomic mass is 32.2. The van der Waals surface area contributed by atoms with Crippen molar-refractivity contribution in [1.29, 1.82) is 0 Å². The van der Waals surface area contributed by atoms with Crippen LogP contribution in [0.3, 0.4) is 0 Å². The molecule has 0 bridgehead atoms. The third kappa shape index (κ3) is 2.77. The summed E-state index contributed by atoms with van der Waals surface area (Å²) >= 11 is 1.13. The maximum atomic E-state index is 11.9. The van der Waals surface area contributed by atoms with Crippen LogP contribution in [0.1, 0.15) is 31.4 Å². The molecule has 21 heavy (non-hydrogen) atoms. The highest BCUT2D eigenvalue weighted by molar-refractivity contribution is 7.93. The number of hydrogen-bond acceptors (Lipinski definition) is 6. The van der Waals surface area contributed by atoms with Crippen molar-refractivity contribution < 1.29 is 23.1 Å². The number of carboxylic acids is 1. The monoisotopic (exact) mass is 332 g/mol. The molecule has 0 atom stereocenters. The van der Waals surface area contributed by atoms with Gasteiger partial charge in [0, 0.05) is 18.6 Å². The summed E-state index contributed by atoms with van der Waals surface area (Å²) in [6.07, 6.45) is 2.04. The van der Waals surface area contributed by atoms with Crippen LogP contribution in [-0.4, -0.2) is 42.9 Å². The number of ether oxygens (including phenoxy) is 1. The van der Waals surface area contributed by atoms with Gasteiger partial charge in [-0.25, -0.2) is 13.4 Å². The van der Waals surface area contributed by atoms with Gasteiger partial charge < -0.3 is 9.84 Å². The van der Waals surface area contributed by atoms with Gasteiger partial charge in [0.2, 0.25) is 10.0 Å². The number of nitrogens with zero attached hydrogens (tertiary/aromatic N) is 1. The van der Waals surface area contributed by atoms with Gasteiger partial charge in [0.1, 0.15) is 5.41 Å². The lowest BCUT2D eigenvalue weighted by molar-refractivity contribution is -0.148. The molecule has 3 rings (SSSR count). The summed E-state index contributed by atoms with van der Waals surface area (Å²) in [6, 6.07) is 0. The molecule has 1 aliphatic heterocycles. The van der Waals surface area contributed by atoms with E-state index in [4.69, 9.17) is 4.74 Å². The Morgan fingerprint density at radius 1 is 1.43 bits per heavy atom. The Hall–Kier alpha value is -1.19. The molecule has 1 aromatic rings. The van der Waals surface area contributed by atoms with Gasteiger partial charge in [-0.3, -0.25) is 9.52 Å². The molecule has 9 heteroatoms. The first-order valence-corrected chi connectivity index (χ1v) is 9.15. The summed E-state index contributed by atoms with van der Waals surface area (Å²) in [7, 11) is -3.37. The van der Waals surface area contributed by atoms with E-state index in [-0.39, 0.29) is 10.4 Å². The van der Waals surface area contributed by atoms with Gasteiger partial charge in [0.25, 0.3) is 0 Å². The summed E-state index contributed by atoms with van der Waals surface area (Å²) < 4.78 is 31.4. The highest BCUT2D eigenvalue weighted by Gasteiger charge is 2.44. The van der Waals surface area contributed by atoms with E-state index in [9.17, 15) is 18.3 Å². The Kier molecular flexibility index (Phi) is 3.66. The van der Waals surface area contributed by atoms with Crippen LogP contribution in [0.4, 0.5) is 5.13 Å². The van der Waals surface area contributed by atoms with Gasteiger partial charge in [-0.1, -0.05) is 0 Å². The van der Waals surface area contributed by atoms with Crippen molar-refractivity contribution in [2.75, 3.05) is 17.9 Å². The van der Waals surface area contributed by atoms with E-state index in [1.54, 1.807) is 5.38 Å². The van der Waals surface area contributed by atoms with E-state index >= 15 is 0 Å². The van der Waals surface area contributed by atoms with Crippen LogP contribution in [0.2, 0.25) is 0 Å². The molecular weight excluding hydrogens is 316 g/mol. The van der Waals surface area contributed by atoms with Crippen molar-refractivity contribution in [2.45, 2.75) is 36.3 Å². The normalized spacial score (nSPS) is 21.9. The second-order valence-electron chi connectivity index (χ2n) is 5.38. The second-order valence-corrected chi connectivity index (χ2v) is 8.20. The number of sulfonamides is 1. The van der Waals surface area contributed by atoms with Gasteiger partial charge in [-0.2, -0.15) is 0 Å². The predicted octanol–water partition coefficient (Wildman–Crippen LogP) is 1.18. The summed E-state index contributed by atoms with van der Waals surface area (Å²) in [4.78, 5) is 15.9. The lowest BCUT2D eigenvalue weighted by Gasteiger charge is -2.31. The second kappa shape index (κ2) is 5.22. The minimum atomic E-state index is -3.37. The molecule has 2 fully saturated rings. The van der Waals surface area contributed by atoms with E-state index in [0.29, 0.717) is 44.6 Å². The Labute approximate surface area is 126 Å². The SMILES string of the molecule is O=C(O)C1(c2csc(NS(=O)(=O)C3CC3)n2)CCOCC1. The van der Waals surface area contributed by atoms with Crippen molar-refractivity contribution in [3.8, 4) is 0 Å². The molecule has 1 saturated carbocycles. The number of aromatic nitrogens is 1. The quantitative estimate of drug-likeness (QED) is 0.839. The van der Waals surface area contributed by atoms with E-state index in [1.165, 1.54) is 0 Å². The number of carboxylic acid groups (broad SMARTS) is 1. The van der Waals surface area contributed by atoms with Crippen LogP contribution in [0, 0.1) is 0 Å². The zero-order chi connectivity index (χ0) is 15.1. The number of anilines is 1. The minimum absolute atomic E-state index is 0.240. The van der Waals surface area contributed by atoms with Gasteiger partial charge in [-0.05, 0) is 25.7 Å². The van der Waals surface area contributed by atoms with E-state index < -0.39 is 21.4 Å². The molecule has 0 spiro atoms. The van der Waals surface area contributed by atoms with Gasteiger partial charge in [0.05, 0.1) is 10.9 Å². The summed E-state index contributed by atoms with van der Waals surface area (Å²) in [5, 5.41) is 11.1. The fourth-order valence-electron chi connectivity index (χ4n) is 2.42. The fraction of sp³-hybridized carbons (Fsp3) is 0.667. The summed E-state index contributed by atoms with van der Waals surface area (Å²) in [5.41, 5.74) is -0.658. The Balaban J connectivity index is 1.84. The number of thiazole rings is 1. The molecule has 1 aliphatic carbocycles. The molecule has 0 aromatic carbocycles. The smallest absolute Gasteiger partial charge is 0.315 e. The first-order valence-electron chi connectivity index (χ1n) is 6.73. The van der Waals surface area contributed by atoms with E-state index in [2.05, 4.69) is 9.71 Å². The van der Waals surface area contributed by atoms with Crippen molar-refractivity contribution in [3.63, 3.8) is 0 Å². The average molecular weight is 332 g/mol. The lowest BCUT2D eigenvalue weighted by atomic mass is 9.78. The largest absolute Gasteiger partial charge is 0.481 e. The third-order valence-electron chi connectivity index (χ3n) is 3.94. The van der Waals surface area contributed by atoms with Crippen LogP contribution in [0.5, 0.6) is 0 Å². The molecule has 7 nitrogen and oxygen atoms in total. The van der Waals surface area contributed by atoms with Crippen LogP contribution >= 0.6 is 11.3 Å². The van der Waals surface area contributed by atoms with Crippen molar-refractivity contribution in [2.24, 2.45) is 0 Å². The van der Waals surface area contributed by atoms with Gasteiger partial charge in [0.15, 0.2) is 5.13 Å². The Morgan fingerprint density at radius 2 is 2.10 bits per heavy atom. The minimum Gasteiger partial charge on any atom is -0.481 e. The average Bonchev–Trinajstić information content (AvgIpc) is 3.21. The van der Waals surface area contributed by atoms with Crippen LogP contribution in [0.15, 0.2) is 5.38 Å². The standard InChI is InChI=1S/C12H16N2O5S2/c15-10(16)12(3-5-19-6-4-12)9-7-20-11(13-9)14-21(17,18)8-1-2-8/h7-8H,1-6H2,(H,13,14)(H,15,16). The molecule has 0 amide bonds. The van der Waals surface area contributed by atoms with Crippen molar-refractivity contribution in [1.82, 2.24) is 4.98 Å². The summed E-state index contributed by atoms with van der Waals surface area (Å²) in [6.45, 7) is 0.736. The zero-order valence-electron chi connectivity index (χ0n) is 11.2. The number of carbonyl (C=O) groups is 1.